The summed E-state index contributed by atoms with van der Waals surface area (Å²) in [5.74, 6) is 2.59. The molecule has 1 amide bonds. The van der Waals surface area contributed by atoms with E-state index in [1.807, 2.05) is 6.92 Å². The van der Waals surface area contributed by atoms with E-state index in [1.54, 1.807) is 0 Å². The van der Waals surface area contributed by atoms with Gasteiger partial charge in [-0.25, -0.2) is 9.97 Å². The fourth-order valence-electron chi connectivity index (χ4n) is 4.24. The molecular formula is C23H32N4O2. The van der Waals surface area contributed by atoms with E-state index in [2.05, 4.69) is 37.1 Å². The van der Waals surface area contributed by atoms with Crippen LogP contribution < -0.4 is 10.2 Å². The van der Waals surface area contributed by atoms with Crippen molar-refractivity contribution in [1.82, 2.24) is 9.97 Å². The molecule has 0 fully saturated rings. The second-order valence-corrected chi connectivity index (χ2v) is 9.61. The van der Waals surface area contributed by atoms with E-state index >= 15 is 0 Å². The third-order valence-corrected chi connectivity index (χ3v) is 5.62. The number of fused-ring (bicyclic) bond motifs is 2. The summed E-state index contributed by atoms with van der Waals surface area (Å²) in [6.07, 6.45) is 6.89. The number of aryl methyl sites for hydroxylation is 4. The average Bonchev–Trinajstić information content (AvgIpc) is 3.04. The minimum absolute atomic E-state index is 0.0195. The number of nitrogens with one attached hydrogen (secondary N) is 1. The van der Waals surface area contributed by atoms with E-state index < -0.39 is 0 Å². The van der Waals surface area contributed by atoms with Gasteiger partial charge in [-0.2, -0.15) is 0 Å². The number of nitrogens with zero attached hydrogens (tertiary/aromatic N) is 3. The number of hydrogen-bond donors (Lipinski definition) is 1. The van der Waals surface area contributed by atoms with Crippen molar-refractivity contribution in [2.75, 3.05) is 16.8 Å². The topological polar surface area (TPSA) is 71.3 Å². The van der Waals surface area contributed by atoms with E-state index in [0.29, 0.717) is 18.8 Å². The molecule has 0 spiro atoms. The molecule has 2 aliphatic rings. The highest BCUT2D eigenvalue weighted by atomic mass is 16.4. The highest BCUT2D eigenvalue weighted by molar-refractivity contribution is 5.91. The highest BCUT2D eigenvalue weighted by Gasteiger charge is 2.24. The fourth-order valence-corrected chi connectivity index (χ4v) is 4.24. The number of amides is 1. The van der Waals surface area contributed by atoms with E-state index in [1.165, 1.54) is 12.8 Å². The molecule has 0 aromatic carbocycles. The Morgan fingerprint density at radius 2 is 1.90 bits per heavy atom. The molecule has 29 heavy (non-hydrogen) atoms. The Hall–Kier alpha value is -2.37. The molecule has 2 aromatic rings. The van der Waals surface area contributed by atoms with Crippen LogP contribution in [0.1, 0.15) is 75.1 Å². The first-order valence-electron chi connectivity index (χ1n) is 10.8. The van der Waals surface area contributed by atoms with Crippen LogP contribution in [0.5, 0.6) is 0 Å². The standard InChI is InChI=1S/C23H32N4O2/c1-15-12-18-16(25-22(15)26-20(28)13-23(2,3)4)9-7-11-27(18)14-21-24-17-8-5-6-10-19(17)29-21/h12H,5-11,13-14H2,1-4H3,(H,25,26,28). The van der Waals surface area contributed by atoms with Gasteiger partial charge in [0.05, 0.1) is 23.6 Å². The molecule has 1 aliphatic carbocycles. The molecule has 6 heteroatoms. The summed E-state index contributed by atoms with van der Waals surface area (Å²) in [4.78, 5) is 24.2. The van der Waals surface area contributed by atoms with Gasteiger partial charge in [0.2, 0.25) is 11.8 Å². The lowest BCUT2D eigenvalue weighted by molar-refractivity contribution is -0.117. The average molecular weight is 397 g/mol. The molecule has 0 atom stereocenters. The van der Waals surface area contributed by atoms with Crippen LogP contribution in [0.3, 0.4) is 0 Å². The Kier molecular flexibility index (Phi) is 5.36. The summed E-state index contributed by atoms with van der Waals surface area (Å²) in [6, 6.07) is 2.15. The second-order valence-electron chi connectivity index (χ2n) is 9.61. The van der Waals surface area contributed by atoms with Crippen LogP contribution >= 0.6 is 0 Å². The molecule has 3 heterocycles. The van der Waals surface area contributed by atoms with Crippen molar-refractivity contribution >= 4 is 17.4 Å². The zero-order chi connectivity index (χ0) is 20.6. The maximum absolute atomic E-state index is 12.4. The number of rotatable bonds is 4. The van der Waals surface area contributed by atoms with Gasteiger partial charge < -0.3 is 14.6 Å². The Labute approximate surface area is 173 Å². The van der Waals surface area contributed by atoms with Gasteiger partial charge >= 0.3 is 0 Å². The van der Waals surface area contributed by atoms with E-state index in [4.69, 9.17) is 14.4 Å². The van der Waals surface area contributed by atoms with Crippen LogP contribution in [-0.2, 0) is 30.6 Å². The van der Waals surface area contributed by atoms with Crippen LogP contribution in [0.15, 0.2) is 10.5 Å². The van der Waals surface area contributed by atoms with Crippen molar-refractivity contribution in [2.24, 2.45) is 5.41 Å². The first kappa shape index (κ1) is 19.9. The van der Waals surface area contributed by atoms with E-state index in [0.717, 1.165) is 66.5 Å². The van der Waals surface area contributed by atoms with Crippen molar-refractivity contribution in [3.63, 3.8) is 0 Å². The monoisotopic (exact) mass is 396 g/mol. The molecule has 6 nitrogen and oxygen atoms in total. The van der Waals surface area contributed by atoms with Gasteiger partial charge in [-0.15, -0.1) is 0 Å². The zero-order valence-electron chi connectivity index (χ0n) is 18.1. The normalized spacial score (nSPS) is 16.3. The number of carbonyl (C=O) groups is 1. The van der Waals surface area contributed by atoms with Gasteiger partial charge in [0.15, 0.2) is 0 Å². The summed E-state index contributed by atoms with van der Waals surface area (Å²) in [5, 5.41) is 3.01. The first-order chi connectivity index (χ1) is 13.8. The highest BCUT2D eigenvalue weighted by Crippen LogP contribution is 2.32. The second kappa shape index (κ2) is 7.81. The van der Waals surface area contributed by atoms with Gasteiger partial charge in [0, 0.05) is 19.4 Å². The molecule has 2 aromatic heterocycles. The molecule has 1 N–H and O–H groups in total. The number of hydrogen-bond acceptors (Lipinski definition) is 5. The van der Waals surface area contributed by atoms with Crippen LogP contribution in [0, 0.1) is 12.3 Å². The molecular weight excluding hydrogens is 364 g/mol. The largest absolute Gasteiger partial charge is 0.443 e. The van der Waals surface area contributed by atoms with Gasteiger partial charge in [-0.05, 0) is 56.1 Å². The van der Waals surface area contributed by atoms with Gasteiger partial charge in [0.25, 0.3) is 0 Å². The minimum atomic E-state index is -0.0435. The summed E-state index contributed by atoms with van der Waals surface area (Å²) < 4.78 is 6.05. The van der Waals surface area contributed by atoms with Gasteiger partial charge in [0.1, 0.15) is 11.6 Å². The SMILES string of the molecule is Cc1cc2c(nc1NC(=O)CC(C)(C)C)CCCN2Cc1nc2c(o1)CCCC2. The van der Waals surface area contributed by atoms with Crippen LogP contribution in [-0.4, -0.2) is 22.4 Å². The predicted octanol–water partition coefficient (Wildman–Crippen LogP) is 4.58. The quantitative estimate of drug-likeness (QED) is 0.819. The molecule has 0 unspecified atom stereocenters. The van der Waals surface area contributed by atoms with Crippen molar-refractivity contribution in [2.45, 2.75) is 79.2 Å². The van der Waals surface area contributed by atoms with Crippen molar-refractivity contribution in [1.29, 1.82) is 0 Å². The Balaban J connectivity index is 1.52. The predicted molar refractivity (Wildman–Crippen MR) is 114 cm³/mol. The number of pyridine rings is 1. The Morgan fingerprint density at radius 1 is 1.14 bits per heavy atom. The number of carbonyl (C=O) groups excluding carboxylic acids is 1. The van der Waals surface area contributed by atoms with Crippen LogP contribution in [0.25, 0.3) is 0 Å². The van der Waals surface area contributed by atoms with Crippen molar-refractivity contribution in [3.8, 4) is 0 Å². The lowest BCUT2D eigenvalue weighted by Crippen LogP contribution is -2.30. The van der Waals surface area contributed by atoms with E-state index in [9.17, 15) is 4.79 Å². The molecule has 0 radical (unpaired) electrons. The smallest absolute Gasteiger partial charge is 0.226 e. The fraction of sp³-hybridized carbons (Fsp3) is 0.609. The number of oxazole rings is 1. The van der Waals surface area contributed by atoms with Crippen LogP contribution in [0.4, 0.5) is 11.5 Å². The number of anilines is 2. The van der Waals surface area contributed by atoms with Crippen molar-refractivity contribution in [3.05, 3.63) is 34.7 Å². The first-order valence-corrected chi connectivity index (χ1v) is 10.8. The third kappa shape index (κ3) is 4.62. The molecule has 4 rings (SSSR count). The molecule has 0 bridgehead atoms. The molecule has 1 aliphatic heterocycles. The Bertz CT molecular complexity index is 887. The lowest BCUT2D eigenvalue weighted by atomic mass is 9.92. The summed E-state index contributed by atoms with van der Waals surface area (Å²) in [7, 11) is 0. The Morgan fingerprint density at radius 3 is 2.66 bits per heavy atom. The maximum Gasteiger partial charge on any atom is 0.226 e. The maximum atomic E-state index is 12.4. The van der Waals surface area contributed by atoms with Crippen molar-refractivity contribution < 1.29 is 9.21 Å². The van der Waals surface area contributed by atoms with Gasteiger partial charge in [-0.1, -0.05) is 20.8 Å². The molecule has 0 saturated carbocycles. The summed E-state index contributed by atoms with van der Waals surface area (Å²) in [5.41, 5.74) is 4.28. The lowest BCUT2D eigenvalue weighted by Gasteiger charge is -2.30. The van der Waals surface area contributed by atoms with E-state index in [-0.39, 0.29) is 11.3 Å². The summed E-state index contributed by atoms with van der Waals surface area (Å²) >= 11 is 0. The van der Waals surface area contributed by atoms with Gasteiger partial charge in [-0.3, -0.25) is 4.79 Å². The van der Waals surface area contributed by atoms with Crippen LogP contribution in [0.2, 0.25) is 0 Å². The summed E-state index contributed by atoms with van der Waals surface area (Å²) in [6.45, 7) is 9.86. The molecule has 0 saturated heterocycles. The minimum Gasteiger partial charge on any atom is -0.443 e. The number of aromatic nitrogens is 2. The third-order valence-electron chi connectivity index (χ3n) is 5.62. The zero-order valence-corrected chi connectivity index (χ0v) is 18.1. The molecule has 156 valence electrons.